The highest BCUT2D eigenvalue weighted by Crippen LogP contribution is 2.39. The molecule has 3 aliphatic rings. The van der Waals surface area contributed by atoms with Crippen molar-refractivity contribution in [1.82, 2.24) is 5.32 Å². The van der Waals surface area contributed by atoms with Gasteiger partial charge in [0.2, 0.25) is 11.8 Å². The van der Waals surface area contributed by atoms with Crippen LogP contribution in [0.15, 0.2) is 23.1 Å². The Morgan fingerprint density at radius 2 is 1.92 bits per heavy atom. The molecule has 6 nitrogen and oxygen atoms in total. The topological polar surface area (TPSA) is 83.6 Å². The molecule has 1 aromatic carbocycles. The van der Waals surface area contributed by atoms with E-state index in [9.17, 15) is 18.0 Å². The van der Waals surface area contributed by atoms with Crippen LogP contribution in [0.3, 0.4) is 0 Å². The number of nitrogens with zero attached hydrogens (tertiary/aromatic N) is 1. The van der Waals surface area contributed by atoms with Crippen LogP contribution in [-0.4, -0.2) is 38.1 Å². The minimum absolute atomic E-state index is 0.0153. The van der Waals surface area contributed by atoms with Crippen LogP contribution in [0.2, 0.25) is 0 Å². The highest BCUT2D eigenvalue weighted by Gasteiger charge is 2.39. The fourth-order valence-corrected chi connectivity index (χ4v) is 4.82. The largest absolute Gasteiger partial charge is 0.353 e. The Kier molecular flexibility index (Phi) is 4.29. The maximum atomic E-state index is 12.6. The Balaban J connectivity index is 1.48. The Labute approximate surface area is 153 Å². The van der Waals surface area contributed by atoms with Gasteiger partial charge in [0.25, 0.3) is 0 Å². The second-order valence-electron chi connectivity index (χ2n) is 7.74. The van der Waals surface area contributed by atoms with Gasteiger partial charge in [-0.25, -0.2) is 8.42 Å². The molecule has 2 saturated carbocycles. The number of benzene rings is 1. The summed E-state index contributed by atoms with van der Waals surface area (Å²) in [5.74, 6) is -0.0996. The molecule has 1 N–H and O–H groups in total. The lowest BCUT2D eigenvalue weighted by Crippen LogP contribution is -2.36. The van der Waals surface area contributed by atoms with Crippen molar-refractivity contribution in [3.8, 4) is 0 Å². The average molecular weight is 376 g/mol. The summed E-state index contributed by atoms with van der Waals surface area (Å²) in [6.07, 6.45) is 4.52. The standard InChI is InChI=1S/C19H24N2O4S/c1-12-10-14-11-16(6-7-17(14)21(12)19(23)13-2-3-13)26(24,25)9-8-18(22)20-15-4-5-15/h6-7,11-13,15H,2-5,8-10H2,1H3,(H,20,22)/t12-/m1/s1. The molecule has 1 heterocycles. The summed E-state index contributed by atoms with van der Waals surface area (Å²) >= 11 is 0. The summed E-state index contributed by atoms with van der Waals surface area (Å²) in [7, 11) is -3.52. The van der Waals surface area contributed by atoms with Gasteiger partial charge in [-0.3, -0.25) is 9.59 Å². The van der Waals surface area contributed by atoms with Crippen LogP contribution in [0.25, 0.3) is 0 Å². The number of carbonyl (C=O) groups is 2. The second kappa shape index (κ2) is 6.37. The van der Waals surface area contributed by atoms with Gasteiger partial charge in [0.15, 0.2) is 9.84 Å². The van der Waals surface area contributed by atoms with Crippen molar-refractivity contribution in [2.75, 3.05) is 10.7 Å². The van der Waals surface area contributed by atoms with Crippen molar-refractivity contribution >= 4 is 27.3 Å². The van der Waals surface area contributed by atoms with Crippen LogP contribution in [0.5, 0.6) is 0 Å². The monoisotopic (exact) mass is 376 g/mol. The molecule has 26 heavy (non-hydrogen) atoms. The van der Waals surface area contributed by atoms with Crippen LogP contribution in [0.4, 0.5) is 5.69 Å². The van der Waals surface area contributed by atoms with Crippen LogP contribution >= 0.6 is 0 Å². The highest BCUT2D eigenvalue weighted by atomic mass is 32.2. The molecular weight excluding hydrogens is 352 g/mol. The van der Waals surface area contributed by atoms with Crippen LogP contribution in [0.1, 0.15) is 44.6 Å². The molecule has 140 valence electrons. The first kappa shape index (κ1) is 17.5. The van der Waals surface area contributed by atoms with Gasteiger partial charge in [-0.05, 0) is 62.8 Å². The first-order valence-electron chi connectivity index (χ1n) is 9.33. The summed E-state index contributed by atoms with van der Waals surface area (Å²) in [4.78, 5) is 26.3. The second-order valence-corrected chi connectivity index (χ2v) is 9.85. The van der Waals surface area contributed by atoms with Gasteiger partial charge in [0.05, 0.1) is 10.6 Å². The van der Waals surface area contributed by atoms with Crippen molar-refractivity contribution < 1.29 is 18.0 Å². The molecule has 2 aliphatic carbocycles. The predicted octanol–water partition coefficient (Wildman–Crippen LogP) is 1.82. The van der Waals surface area contributed by atoms with Gasteiger partial charge in [0.1, 0.15) is 0 Å². The molecular formula is C19H24N2O4S. The molecule has 0 bridgehead atoms. The molecule has 2 fully saturated rings. The molecule has 4 rings (SSSR count). The van der Waals surface area contributed by atoms with E-state index in [4.69, 9.17) is 0 Å². The van der Waals surface area contributed by atoms with Gasteiger partial charge >= 0.3 is 0 Å². The molecule has 0 unspecified atom stereocenters. The molecule has 1 aromatic rings. The minimum Gasteiger partial charge on any atom is -0.353 e. The van der Waals surface area contributed by atoms with E-state index in [0.29, 0.717) is 6.42 Å². The molecule has 0 radical (unpaired) electrons. The zero-order valence-corrected chi connectivity index (χ0v) is 15.7. The van der Waals surface area contributed by atoms with Crippen molar-refractivity contribution in [1.29, 1.82) is 0 Å². The van der Waals surface area contributed by atoms with Crippen molar-refractivity contribution in [2.45, 2.75) is 62.4 Å². The van der Waals surface area contributed by atoms with Gasteiger partial charge in [-0.2, -0.15) is 0 Å². The first-order chi connectivity index (χ1) is 12.3. The third-order valence-corrected chi connectivity index (χ3v) is 7.04. The zero-order chi connectivity index (χ0) is 18.5. The number of anilines is 1. The molecule has 0 spiro atoms. The van der Waals surface area contributed by atoms with Gasteiger partial charge < -0.3 is 10.2 Å². The molecule has 0 aromatic heterocycles. The lowest BCUT2D eigenvalue weighted by molar-refractivity contribution is -0.121. The van der Waals surface area contributed by atoms with Crippen molar-refractivity contribution in [3.63, 3.8) is 0 Å². The average Bonchev–Trinajstić information content (AvgIpc) is 3.49. The summed E-state index contributed by atoms with van der Waals surface area (Å²) < 4.78 is 25.2. The zero-order valence-electron chi connectivity index (χ0n) is 14.9. The smallest absolute Gasteiger partial charge is 0.230 e. The van der Waals surface area contributed by atoms with Gasteiger partial charge in [0, 0.05) is 30.1 Å². The number of carbonyl (C=O) groups excluding carboxylic acids is 2. The number of nitrogens with one attached hydrogen (secondary N) is 1. The minimum atomic E-state index is -3.52. The fourth-order valence-electron chi connectivity index (χ4n) is 3.54. The van der Waals surface area contributed by atoms with Crippen molar-refractivity contribution in [3.05, 3.63) is 23.8 Å². The summed E-state index contributed by atoms with van der Waals surface area (Å²) in [5, 5.41) is 2.81. The third-order valence-electron chi connectivity index (χ3n) is 5.33. The van der Waals surface area contributed by atoms with Crippen LogP contribution < -0.4 is 10.2 Å². The van der Waals surface area contributed by atoms with E-state index >= 15 is 0 Å². The maximum Gasteiger partial charge on any atom is 0.230 e. The summed E-state index contributed by atoms with van der Waals surface area (Å²) in [6.45, 7) is 2.00. The molecule has 0 saturated heterocycles. The Morgan fingerprint density at radius 1 is 1.19 bits per heavy atom. The Bertz CT molecular complexity index is 856. The SMILES string of the molecule is C[C@@H]1Cc2cc(S(=O)(=O)CCC(=O)NC3CC3)ccc2N1C(=O)C1CC1. The van der Waals surface area contributed by atoms with E-state index < -0.39 is 9.84 Å². The third kappa shape index (κ3) is 3.49. The van der Waals surface area contributed by atoms with E-state index in [0.717, 1.165) is 36.9 Å². The lowest BCUT2D eigenvalue weighted by atomic mass is 10.1. The van der Waals surface area contributed by atoms with Crippen LogP contribution in [-0.2, 0) is 25.8 Å². The summed E-state index contributed by atoms with van der Waals surface area (Å²) in [5.41, 5.74) is 1.73. The predicted molar refractivity (Wildman–Crippen MR) is 97.7 cm³/mol. The molecule has 1 aliphatic heterocycles. The number of hydrogen-bond donors (Lipinski definition) is 1. The summed E-state index contributed by atoms with van der Waals surface area (Å²) in [6, 6.07) is 5.29. The van der Waals surface area contributed by atoms with E-state index in [-0.39, 0.29) is 46.9 Å². The number of fused-ring (bicyclic) bond motifs is 1. The van der Waals surface area contributed by atoms with E-state index in [1.54, 1.807) is 18.2 Å². The van der Waals surface area contributed by atoms with E-state index in [2.05, 4.69) is 5.32 Å². The number of hydrogen-bond acceptors (Lipinski definition) is 4. The molecule has 1 atom stereocenters. The van der Waals surface area contributed by atoms with Gasteiger partial charge in [-0.15, -0.1) is 0 Å². The fraction of sp³-hybridized carbons (Fsp3) is 0.579. The number of sulfone groups is 1. The first-order valence-corrected chi connectivity index (χ1v) is 11.0. The Hall–Kier alpha value is -1.89. The Morgan fingerprint density at radius 3 is 2.58 bits per heavy atom. The number of rotatable bonds is 6. The number of amides is 2. The highest BCUT2D eigenvalue weighted by molar-refractivity contribution is 7.91. The quantitative estimate of drug-likeness (QED) is 0.821. The van der Waals surface area contributed by atoms with Crippen LogP contribution in [0, 0.1) is 5.92 Å². The molecule has 2 amide bonds. The molecule has 7 heteroatoms. The van der Waals surface area contributed by atoms with E-state index in [1.807, 2.05) is 11.8 Å². The van der Waals surface area contributed by atoms with E-state index in [1.165, 1.54) is 0 Å². The van der Waals surface area contributed by atoms with Gasteiger partial charge in [-0.1, -0.05) is 0 Å². The van der Waals surface area contributed by atoms with Crippen molar-refractivity contribution in [2.24, 2.45) is 5.92 Å². The normalized spacial score (nSPS) is 22.2. The maximum absolute atomic E-state index is 12.6. The lowest BCUT2D eigenvalue weighted by Gasteiger charge is -2.22.